The van der Waals surface area contributed by atoms with Crippen LogP contribution >= 0.6 is 0 Å². The van der Waals surface area contributed by atoms with Crippen molar-refractivity contribution in [2.24, 2.45) is 0 Å². The highest BCUT2D eigenvalue weighted by Crippen LogP contribution is 2.04. The van der Waals surface area contributed by atoms with E-state index in [1.807, 2.05) is 13.8 Å². The molecule has 16 heavy (non-hydrogen) atoms. The van der Waals surface area contributed by atoms with Gasteiger partial charge < -0.3 is 14.7 Å². The van der Waals surface area contributed by atoms with Crippen molar-refractivity contribution in [3.05, 3.63) is 0 Å². The van der Waals surface area contributed by atoms with E-state index in [1.54, 1.807) is 7.05 Å². The van der Waals surface area contributed by atoms with Crippen molar-refractivity contribution in [3.8, 4) is 0 Å². The minimum Gasteiger partial charge on any atom is -0.481 e. The highest BCUT2D eigenvalue weighted by atomic mass is 16.5. The molecule has 0 heterocycles. The van der Waals surface area contributed by atoms with Gasteiger partial charge in [0.15, 0.2) is 0 Å². The molecule has 0 aliphatic heterocycles. The highest BCUT2D eigenvalue weighted by Gasteiger charge is 2.20. The maximum atomic E-state index is 11.8. The number of hydrogen-bond acceptors (Lipinski definition) is 3. The first kappa shape index (κ1) is 14.9. The van der Waals surface area contributed by atoms with E-state index in [1.165, 1.54) is 4.90 Å². The van der Waals surface area contributed by atoms with Crippen LogP contribution in [0.15, 0.2) is 0 Å². The Bertz CT molecular complexity index is 230. The third kappa shape index (κ3) is 5.70. The first-order valence-electron chi connectivity index (χ1n) is 5.61. The van der Waals surface area contributed by atoms with Crippen LogP contribution in [-0.2, 0) is 14.3 Å². The van der Waals surface area contributed by atoms with E-state index in [0.717, 1.165) is 0 Å². The maximum Gasteiger partial charge on any atom is 0.303 e. The van der Waals surface area contributed by atoms with Gasteiger partial charge in [-0.2, -0.15) is 0 Å². The molecule has 0 aromatic carbocycles. The fourth-order valence-corrected chi connectivity index (χ4v) is 1.39. The molecule has 0 bridgehead atoms. The van der Waals surface area contributed by atoms with E-state index in [4.69, 9.17) is 9.84 Å². The van der Waals surface area contributed by atoms with Gasteiger partial charge in [-0.25, -0.2) is 0 Å². The van der Waals surface area contributed by atoms with Crippen LogP contribution in [0.2, 0.25) is 0 Å². The quantitative estimate of drug-likeness (QED) is 0.680. The van der Waals surface area contributed by atoms with Crippen molar-refractivity contribution in [1.29, 1.82) is 0 Å². The smallest absolute Gasteiger partial charge is 0.303 e. The van der Waals surface area contributed by atoms with Gasteiger partial charge in [-0.15, -0.1) is 0 Å². The monoisotopic (exact) mass is 231 g/mol. The second-order valence-electron chi connectivity index (χ2n) is 3.61. The summed E-state index contributed by atoms with van der Waals surface area (Å²) in [4.78, 5) is 23.6. The third-order valence-corrected chi connectivity index (χ3v) is 2.27. The average molecular weight is 231 g/mol. The summed E-state index contributed by atoms with van der Waals surface area (Å²) >= 11 is 0. The fourth-order valence-electron chi connectivity index (χ4n) is 1.39. The summed E-state index contributed by atoms with van der Waals surface area (Å²) in [6.07, 6.45) is 0.791. The zero-order valence-corrected chi connectivity index (χ0v) is 10.2. The summed E-state index contributed by atoms with van der Waals surface area (Å²) < 4.78 is 5.29. The predicted octanol–water partition coefficient (Wildman–Crippen LogP) is 1.12. The van der Waals surface area contributed by atoms with E-state index in [2.05, 4.69) is 0 Å². The van der Waals surface area contributed by atoms with Gasteiger partial charge in [-0.3, -0.25) is 9.59 Å². The number of hydrogen-bond donors (Lipinski definition) is 1. The number of amides is 1. The summed E-state index contributed by atoms with van der Waals surface area (Å²) in [6.45, 7) is 4.70. The number of aliphatic carboxylic acids is 1. The molecule has 5 heteroatoms. The van der Waals surface area contributed by atoms with E-state index in [0.29, 0.717) is 26.0 Å². The highest BCUT2D eigenvalue weighted by molar-refractivity contribution is 5.80. The summed E-state index contributed by atoms with van der Waals surface area (Å²) in [5.74, 6) is -0.910. The van der Waals surface area contributed by atoms with Gasteiger partial charge in [0.25, 0.3) is 5.91 Å². The molecule has 0 saturated heterocycles. The molecule has 0 radical (unpaired) electrons. The fraction of sp³-hybridized carbons (Fsp3) is 0.818. The molecule has 1 atom stereocenters. The third-order valence-electron chi connectivity index (χ3n) is 2.27. The van der Waals surface area contributed by atoms with Gasteiger partial charge in [0.1, 0.15) is 6.10 Å². The molecule has 0 saturated carbocycles. The van der Waals surface area contributed by atoms with Crippen LogP contribution in [0, 0.1) is 0 Å². The van der Waals surface area contributed by atoms with Gasteiger partial charge in [0.05, 0.1) is 0 Å². The molecule has 0 aliphatic rings. The Labute approximate surface area is 96.4 Å². The van der Waals surface area contributed by atoms with Crippen molar-refractivity contribution >= 4 is 11.9 Å². The van der Waals surface area contributed by atoms with Gasteiger partial charge in [0.2, 0.25) is 0 Å². The van der Waals surface area contributed by atoms with E-state index in [-0.39, 0.29) is 12.3 Å². The number of ether oxygens (including phenoxy) is 1. The molecule has 0 aromatic heterocycles. The van der Waals surface area contributed by atoms with Crippen molar-refractivity contribution < 1.29 is 19.4 Å². The van der Waals surface area contributed by atoms with E-state index < -0.39 is 12.1 Å². The molecule has 1 N–H and O–H groups in total. The van der Waals surface area contributed by atoms with E-state index >= 15 is 0 Å². The molecule has 1 unspecified atom stereocenters. The van der Waals surface area contributed by atoms with Crippen LogP contribution < -0.4 is 0 Å². The van der Waals surface area contributed by atoms with Crippen LogP contribution in [0.5, 0.6) is 0 Å². The van der Waals surface area contributed by atoms with Crippen molar-refractivity contribution in [1.82, 2.24) is 4.90 Å². The average Bonchev–Trinajstić information content (AvgIpc) is 2.24. The molecule has 5 nitrogen and oxygen atoms in total. The van der Waals surface area contributed by atoms with Gasteiger partial charge in [-0.05, 0) is 19.8 Å². The maximum absolute atomic E-state index is 11.8. The summed E-state index contributed by atoms with van der Waals surface area (Å²) in [5.41, 5.74) is 0. The molecule has 0 aromatic rings. The number of carboxylic acid groups (broad SMARTS) is 1. The van der Waals surface area contributed by atoms with Gasteiger partial charge in [0, 0.05) is 26.6 Å². The minimum atomic E-state index is -0.835. The molecule has 0 aliphatic carbocycles. The Morgan fingerprint density at radius 1 is 1.38 bits per heavy atom. The van der Waals surface area contributed by atoms with Crippen LogP contribution in [0.4, 0.5) is 0 Å². The molecular weight excluding hydrogens is 210 g/mol. The number of carbonyl (C=O) groups excluding carboxylic acids is 1. The Balaban J connectivity index is 4.00. The summed E-state index contributed by atoms with van der Waals surface area (Å²) in [5, 5.41) is 8.48. The van der Waals surface area contributed by atoms with Crippen LogP contribution in [-0.4, -0.2) is 48.2 Å². The zero-order chi connectivity index (χ0) is 12.6. The van der Waals surface area contributed by atoms with Crippen molar-refractivity contribution in [2.45, 2.75) is 39.2 Å². The number of rotatable bonds is 8. The Morgan fingerprint density at radius 2 is 2.00 bits per heavy atom. The minimum absolute atomic E-state index is 0.0743. The first-order chi connectivity index (χ1) is 7.52. The molecule has 94 valence electrons. The molecule has 0 rings (SSSR count). The molecular formula is C11H21NO4. The lowest BCUT2D eigenvalue weighted by molar-refractivity contribution is -0.143. The SMILES string of the molecule is CCOC(CC)C(=O)N(C)CCCC(=O)O. The second-order valence-corrected chi connectivity index (χ2v) is 3.61. The lowest BCUT2D eigenvalue weighted by Crippen LogP contribution is -2.38. The molecule has 0 spiro atoms. The van der Waals surface area contributed by atoms with Gasteiger partial charge >= 0.3 is 5.97 Å². The standard InChI is InChI=1S/C11H21NO4/c1-4-9(16-5-2)11(15)12(3)8-6-7-10(13)14/h9H,4-8H2,1-3H3,(H,13,14). The number of likely N-dealkylation sites (N-methyl/N-ethyl adjacent to an activating group) is 1. The Hall–Kier alpha value is -1.10. The lowest BCUT2D eigenvalue weighted by Gasteiger charge is -2.22. The summed E-state index contributed by atoms with van der Waals surface area (Å²) in [7, 11) is 1.67. The first-order valence-corrected chi connectivity index (χ1v) is 5.61. The number of nitrogens with zero attached hydrogens (tertiary/aromatic N) is 1. The van der Waals surface area contributed by atoms with Crippen LogP contribution in [0.3, 0.4) is 0 Å². The van der Waals surface area contributed by atoms with Gasteiger partial charge in [-0.1, -0.05) is 6.92 Å². The molecule has 1 amide bonds. The Kier molecular flexibility index (Phi) is 7.54. The predicted molar refractivity (Wildman–Crippen MR) is 60.2 cm³/mol. The second kappa shape index (κ2) is 8.10. The normalized spacial score (nSPS) is 12.2. The zero-order valence-electron chi connectivity index (χ0n) is 10.2. The largest absolute Gasteiger partial charge is 0.481 e. The van der Waals surface area contributed by atoms with Crippen molar-refractivity contribution in [3.63, 3.8) is 0 Å². The van der Waals surface area contributed by atoms with Crippen molar-refractivity contribution in [2.75, 3.05) is 20.2 Å². The lowest BCUT2D eigenvalue weighted by atomic mass is 10.2. The molecule has 0 fully saturated rings. The Morgan fingerprint density at radius 3 is 2.44 bits per heavy atom. The van der Waals surface area contributed by atoms with Crippen LogP contribution in [0.25, 0.3) is 0 Å². The number of carboxylic acids is 1. The number of carbonyl (C=O) groups is 2. The van der Waals surface area contributed by atoms with Crippen LogP contribution in [0.1, 0.15) is 33.1 Å². The van der Waals surface area contributed by atoms with E-state index in [9.17, 15) is 9.59 Å². The summed E-state index contributed by atoms with van der Waals surface area (Å²) in [6, 6.07) is 0. The topological polar surface area (TPSA) is 66.8 Å².